The number of ether oxygens (including phenoxy) is 1. The highest BCUT2D eigenvalue weighted by Gasteiger charge is 2.31. The second kappa shape index (κ2) is 7.40. The van der Waals surface area contributed by atoms with Crippen molar-refractivity contribution in [2.24, 2.45) is 5.92 Å². The summed E-state index contributed by atoms with van der Waals surface area (Å²) in [6, 6.07) is 5.06. The van der Waals surface area contributed by atoms with Gasteiger partial charge in [0.1, 0.15) is 6.04 Å². The summed E-state index contributed by atoms with van der Waals surface area (Å²) < 4.78 is 5.33. The van der Waals surface area contributed by atoms with Crippen LogP contribution in [0, 0.1) is 19.8 Å². The van der Waals surface area contributed by atoms with Crippen molar-refractivity contribution in [3.63, 3.8) is 0 Å². The van der Waals surface area contributed by atoms with Gasteiger partial charge in [0, 0.05) is 12.5 Å². The Morgan fingerprint density at radius 2 is 2.18 bits per heavy atom. The minimum absolute atomic E-state index is 0.159. The zero-order valence-corrected chi connectivity index (χ0v) is 13.1. The first-order valence-corrected chi connectivity index (χ1v) is 7.63. The van der Waals surface area contributed by atoms with Crippen molar-refractivity contribution in [1.82, 2.24) is 5.32 Å². The van der Waals surface area contributed by atoms with Gasteiger partial charge in [0.25, 0.3) is 0 Å². The highest BCUT2D eigenvalue weighted by molar-refractivity contribution is 5.85. The van der Waals surface area contributed by atoms with Crippen LogP contribution in [0.15, 0.2) is 18.2 Å². The Bertz CT molecular complexity index is 550. The van der Waals surface area contributed by atoms with Crippen molar-refractivity contribution in [3.8, 4) is 0 Å². The molecule has 0 spiro atoms. The molecule has 0 aliphatic carbocycles. The molecule has 0 aromatic heterocycles. The van der Waals surface area contributed by atoms with E-state index in [2.05, 4.69) is 5.32 Å². The maximum atomic E-state index is 12.2. The number of carbonyl (C=O) groups is 2. The maximum Gasteiger partial charge on any atom is 0.326 e. The number of nitrogens with one attached hydrogen (secondary N) is 1. The fraction of sp³-hybridized carbons (Fsp3) is 0.529. The number of hydrogen-bond acceptors (Lipinski definition) is 3. The van der Waals surface area contributed by atoms with Crippen molar-refractivity contribution in [2.45, 2.75) is 39.2 Å². The summed E-state index contributed by atoms with van der Waals surface area (Å²) in [5.41, 5.74) is 3.05. The third-order valence-electron chi connectivity index (χ3n) is 4.11. The molecule has 1 heterocycles. The molecule has 2 unspecified atom stereocenters. The van der Waals surface area contributed by atoms with Gasteiger partial charge in [0.05, 0.1) is 13.0 Å². The summed E-state index contributed by atoms with van der Waals surface area (Å²) in [6.45, 7) is 4.98. The van der Waals surface area contributed by atoms with Crippen LogP contribution in [-0.2, 0) is 20.7 Å². The van der Waals surface area contributed by atoms with E-state index in [9.17, 15) is 14.7 Å². The standard InChI is InChI=1S/C17H23NO4/c1-11-5-6-12(2)14(8-11)9-15(19)18-16(17(20)21)13-4-3-7-22-10-13/h5-6,8,13,16H,3-4,7,9-10H2,1-2H3,(H,18,19)(H,20,21). The number of aryl methyl sites for hydroxylation is 2. The summed E-state index contributed by atoms with van der Waals surface area (Å²) in [7, 11) is 0. The Morgan fingerprint density at radius 3 is 2.82 bits per heavy atom. The summed E-state index contributed by atoms with van der Waals surface area (Å²) in [6.07, 6.45) is 1.80. The van der Waals surface area contributed by atoms with Gasteiger partial charge in [-0.1, -0.05) is 23.8 Å². The van der Waals surface area contributed by atoms with Gasteiger partial charge in [-0.05, 0) is 37.8 Å². The number of carboxylic acid groups (broad SMARTS) is 1. The molecule has 1 aliphatic heterocycles. The number of benzene rings is 1. The third-order valence-corrected chi connectivity index (χ3v) is 4.11. The molecule has 2 atom stereocenters. The van der Waals surface area contributed by atoms with Gasteiger partial charge in [-0.2, -0.15) is 0 Å². The lowest BCUT2D eigenvalue weighted by Gasteiger charge is -2.28. The van der Waals surface area contributed by atoms with Crippen molar-refractivity contribution >= 4 is 11.9 Å². The molecule has 120 valence electrons. The SMILES string of the molecule is Cc1ccc(C)c(CC(=O)NC(C(=O)O)C2CCCOC2)c1. The predicted molar refractivity (Wildman–Crippen MR) is 82.7 cm³/mol. The fourth-order valence-electron chi connectivity index (χ4n) is 2.80. The monoisotopic (exact) mass is 305 g/mol. The number of hydrogen-bond donors (Lipinski definition) is 2. The minimum atomic E-state index is -0.996. The molecule has 1 fully saturated rings. The molecule has 1 saturated heterocycles. The summed E-state index contributed by atoms with van der Waals surface area (Å²) in [5.74, 6) is -1.41. The van der Waals surface area contributed by atoms with E-state index < -0.39 is 12.0 Å². The van der Waals surface area contributed by atoms with Crippen LogP contribution >= 0.6 is 0 Å². The molecule has 1 aromatic carbocycles. The molecule has 0 radical (unpaired) electrons. The second-order valence-corrected chi connectivity index (χ2v) is 5.97. The zero-order valence-electron chi connectivity index (χ0n) is 13.1. The summed E-state index contributed by atoms with van der Waals surface area (Å²) in [4.78, 5) is 23.7. The average Bonchev–Trinajstić information content (AvgIpc) is 2.49. The molecule has 0 bridgehead atoms. The molecule has 2 N–H and O–H groups in total. The molecule has 5 heteroatoms. The number of aliphatic carboxylic acids is 1. The van der Waals surface area contributed by atoms with Gasteiger partial charge >= 0.3 is 5.97 Å². The van der Waals surface area contributed by atoms with E-state index in [0.29, 0.717) is 13.2 Å². The van der Waals surface area contributed by atoms with Crippen LogP contribution in [0.4, 0.5) is 0 Å². The first-order valence-electron chi connectivity index (χ1n) is 7.63. The molecular weight excluding hydrogens is 282 g/mol. The van der Waals surface area contributed by atoms with E-state index in [0.717, 1.165) is 29.5 Å². The fourth-order valence-corrected chi connectivity index (χ4v) is 2.80. The van der Waals surface area contributed by atoms with Crippen molar-refractivity contribution in [3.05, 3.63) is 34.9 Å². The van der Waals surface area contributed by atoms with E-state index in [1.54, 1.807) is 0 Å². The molecule has 5 nitrogen and oxygen atoms in total. The van der Waals surface area contributed by atoms with E-state index in [1.165, 1.54) is 0 Å². The predicted octanol–water partition coefficient (Wildman–Crippen LogP) is 1.84. The molecular formula is C17H23NO4. The largest absolute Gasteiger partial charge is 0.480 e. The van der Waals surface area contributed by atoms with E-state index in [4.69, 9.17) is 4.74 Å². The lowest BCUT2D eigenvalue weighted by atomic mass is 9.93. The average molecular weight is 305 g/mol. The van der Waals surface area contributed by atoms with Gasteiger partial charge in [-0.15, -0.1) is 0 Å². The van der Waals surface area contributed by atoms with E-state index in [1.807, 2.05) is 32.0 Å². The number of carbonyl (C=O) groups excluding carboxylic acids is 1. The Balaban J connectivity index is 2.01. The van der Waals surface area contributed by atoms with Crippen LogP contribution in [0.3, 0.4) is 0 Å². The van der Waals surface area contributed by atoms with Crippen molar-refractivity contribution in [1.29, 1.82) is 0 Å². The molecule has 1 aliphatic rings. The Kier molecular flexibility index (Phi) is 5.55. The van der Waals surface area contributed by atoms with Crippen LogP contribution in [0.2, 0.25) is 0 Å². The number of amides is 1. The molecule has 0 saturated carbocycles. The zero-order chi connectivity index (χ0) is 16.1. The van der Waals surface area contributed by atoms with E-state index in [-0.39, 0.29) is 18.2 Å². The topological polar surface area (TPSA) is 75.6 Å². The lowest BCUT2D eigenvalue weighted by molar-refractivity contribution is -0.145. The quantitative estimate of drug-likeness (QED) is 0.870. The molecule has 1 aromatic rings. The molecule has 1 amide bonds. The van der Waals surface area contributed by atoms with Gasteiger partial charge in [0.15, 0.2) is 0 Å². The smallest absolute Gasteiger partial charge is 0.326 e. The summed E-state index contributed by atoms with van der Waals surface area (Å²) in [5, 5.41) is 12.0. The van der Waals surface area contributed by atoms with Crippen LogP contribution in [0.1, 0.15) is 29.5 Å². The van der Waals surface area contributed by atoms with E-state index >= 15 is 0 Å². The van der Waals surface area contributed by atoms with Crippen LogP contribution < -0.4 is 5.32 Å². The Morgan fingerprint density at radius 1 is 1.41 bits per heavy atom. The maximum absolute atomic E-state index is 12.2. The number of carboxylic acids is 1. The highest BCUT2D eigenvalue weighted by Crippen LogP contribution is 2.18. The van der Waals surface area contributed by atoms with Crippen molar-refractivity contribution in [2.75, 3.05) is 13.2 Å². The molecule has 2 rings (SSSR count). The first kappa shape index (κ1) is 16.5. The van der Waals surface area contributed by atoms with Gasteiger partial charge in [0.2, 0.25) is 5.91 Å². The lowest BCUT2D eigenvalue weighted by Crippen LogP contribution is -2.48. The van der Waals surface area contributed by atoms with Gasteiger partial charge < -0.3 is 15.2 Å². The third kappa shape index (κ3) is 4.31. The Labute approximate surface area is 130 Å². The highest BCUT2D eigenvalue weighted by atomic mass is 16.5. The van der Waals surface area contributed by atoms with Crippen molar-refractivity contribution < 1.29 is 19.4 Å². The van der Waals surface area contributed by atoms with Gasteiger partial charge in [-0.3, -0.25) is 4.79 Å². The second-order valence-electron chi connectivity index (χ2n) is 5.97. The number of rotatable bonds is 5. The summed E-state index contributed by atoms with van der Waals surface area (Å²) >= 11 is 0. The van der Waals surface area contributed by atoms with Crippen LogP contribution in [0.25, 0.3) is 0 Å². The normalized spacial score (nSPS) is 19.5. The first-order chi connectivity index (χ1) is 10.5. The molecule has 22 heavy (non-hydrogen) atoms. The Hall–Kier alpha value is -1.88. The van der Waals surface area contributed by atoms with Crippen LogP contribution in [-0.4, -0.2) is 36.2 Å². The minimum Gasteiger partial charge on any atom is -0.480 e. The van der Waals surface area contributed by atoms with Crippen LogP contribution in [0.5, 0.6) is 0 Å². The van der Waals surface area contributed by atoms with Gasteiger partial charge in [-0.25, -0.2) is 4.79 Å².